The third kappa shape index (κ3) is 4.84. The van der Waals surface area contributed by atoms with E-state index in [0.717, 1.165) is 31.3 Å². The van der Waals surface area contributed by atoms with Crippen molar-refractivity contribution < 1.29 is 5.11 Å². The molecular formula is C14H29NO. The van der Waals surface area contributed by atoms with E-state index in [1.54, 1.807) is 0 Å². The molecule has 96 valence electrons. The number of hydrogen-bond acceptors (Lipinski definition) is 2. The van der Waals surface area contributed by atoms with Gasteiger partial charge in [-0.1, -0.05) is 13.3 Å². The molecule has 0 aromatic heterocycles. The van der Waals surface area contributed by atoms with Crippen LogP contribution in [0.15, 0.2) is 0 Å². The molecule has 1 unspecified atom stereocenters. The van der Waals surface area contributed by atoms with Gasteiger partial charge in [-0.15, -0.1) is 0 Å². The van der Waals surface area contributed by atoms with E-state index < -0.39 is 0 Å². The first-order valence-electron chi connectivity index (χ1n) is 7.01. The second-order valence-corrected chi connectivity index (χ2v) is 5.55. The fourth-order valence-corrected chi connectivity index (χ4v) is 2.81. The molecule has 0 aromatic rings. The molecule has 1 atom stereocenters. The average Bonchev–Trinajstić information content (AvgIpc) is 2.28. The maximum absolute atomic E-state index is 9.22. The minimum absolute atomic E-state index is 0.135. The lowest BCUT2D eigenvalue weighted by atomic mass is 9.84. The smallest absolute Gasteiger partial charge is 0.0512 e. The molecule has 1 aliphatic rings. The van der Waals surface area contributed by atoms with Gasteiger partial charge in [-0.25, -0.2) is 0 Å². The van der Waals surface area contributed by atoms with Crippen LogP contribution in [0.2, 0.25) is 0 Å². The van der Waals surface area contributed by atoms with E-state index in [2.05, 4.69) is 18.9 Å². The van der Waals surface area contributed by atoms with Gasteiger partial charge < -0.3 is 10.0 Å². The van der Waals surface area contributed by atoms with Crippen molar-refractivity contribution in [2.24, 2.45) is 5.92 Å². The summed E-state index contributed by atoms with van der Waals surface area (Å²) in [5, 5.41) is 9.22. The van der Waals surface area contributed by atoms with E-state index in [1.807, 2.05) is 6.92 Å². The Morgan fingerprint density at radius 2 is 1.88 bits per heavy atom. The molecule has 1 aliphatic carbocycles. The SMILES string of the molecule is CCC1CCC(N(C)CCCC(C)O)CC1. The quantitative estimate of drug-likeness (QED) is 0.754. The molecule has 1 fully saturated rings. The van der Waals surface area contributed by atoms with Gasteiger partial charge in [0.15, 0.2) is 0 Å². The molecule has 2 nitrogen and oxygen atoms in total. The zero-order valence-corrected chi connectivity index (χ0v) is 11.3. The summed E-state index contributed by atoms with van der Waals surface area (Å²) >= 11 is 0. The Bertz CT molecular complexity index is 174. The second-order valence-electron chi connectivity index (χ2n) is 5.55. The van der Waals surface area contributed by atoms with E-state index in [0.29, 0.717) is 0 Å². The molecule has 0 saturated heterocycles. The van der Waals surface area contributed by atoms with Crippen LogP contribution in [-0.2, 0) is 0 Å². The number of nitrogens with zero attached hydrogens (tertiary/aromatic N) is 1. The Morgan fingerprint density at radius 3 is 2.38 bits per heavy atom. The standard InChI is InChI=1S/C14H29NO/c1-4-13-7-9-14(10-8-13)15(3)11-5-6-12(2)16/h12-14,16H,4-11H2,1-3H3. The lowest BCUT2D eigenvalue weighted by molar-refractivity contribution is 0.143. The van der Waals surface area contributed by atoms with Crippen molar-refractivity contribution in [1.82, 2.24) is 4.90 Å². The van der Waals surface area contributed by atoms with E-state index >= 15 is 0 Å². The zero-order chi connectivity index (χ0) is 12.0. The maximum Gasteiger partial charge on any atom is 0.0512 e. The van der Waals surface area contributed by atoms with Gasteiger partial charge in [-0.2, -0.15) is 0 Å². The molecular weight excluding hydrogens is 198 g/mol. The van der Waals surface area contributed by atoms with Crippen LogP contribution in [0, 0.1) is 5.92 Å². The minimum Gasteiger partial charge on any atom is -0.393 e. The van der Waals surface area contributed by atoms with Crippen LogP contribution in [-0.4, -0.2) is 35.7 Å². The maximum atomic E-state index is 9.22. The fraction of sp³-hybridized carbons (Fsp3) is 1.00. The summed E-state index contributed by atoms with van der Waals surface area (Å²) in [5.74, 6) is 0.988. The Kier molecular flexibility index (Phi) is 6.37. The summed E-state index contributed by atoms with van der Waals surface area (Å²) < 4.78 is 0. The van der Waals surface area contributed by atoms with Gasteiger partial charge in [-0.3, -0.25) is 0 Å². The number of aliphatic hydroxyl groups is 1. The summed E-state index contributed by atoms with van der Waals surface area (Å²) in [7, 11) is 2.25. The normalized spacial score (nSPS) is 28.3. The average molecular weight is 227 g/mol. The van der Waals surface area contributed by atoms with Crippen LogP contribution < -0.4 is 0 Å². The Morgan fingerprint density at radius 1 is 1.25 bits per heavy atom. The second kappa shape index (κ2) is 7.29. The zero-order valence-electron chi connectivity index (χ0n) is 11.3. The van der Waals surface area contributed by atoms with Crippen molar-refractivity contribution in [3.63, 3.8) is 0 Å². The molecule has 0 radical (unpaired) electrons. The van der Waals surface area contributed by atoms with Gasteiger partial charge >= 0.3 is 0 Å². The van der Waals surface area contributed by atoms with E-state index in [9.17, 15) is 5.11 Å². The highest BCUT2D eigenvalue weighted by molar-refractivity contribution is 4.77. The lowest BCUT2D eigenvalue weighted by Gasteiger charge is -2.34. The highest BCUT2D eigenvalue weighted by atomic mass is 16.3. The molecule has 2 heteroatoms. The summed E-state index contributed by atoms with van der Waals surface area (Å²) in [5.41, 5.74) is 0. The van der Waals surface area contributed by atoms with Crippen molar-refractivity contribution in [3.05, 3.63) is 0 Å². The van der Waals surface area contributed by atoms with Gasteiger partial charge in [0.05, 0.1) is 6.10 Å². The Balaban J connectivity index is 2.15. The molecule has 0 spiro atoms. The molecule has 1 saturated carbocycles. The van der Waals surface area contributed by atoms with Crippen LogP contribution in [0.3, 0.4) is 0 Å². The first-order chi connectivity index (χ1) is 7.63. The van der Waals surface area contributed by atoms with Crippen LogP contribution in [0.1, 0.15) is 58.8 Å². The summed E-state index contributed by atoms with van der Waals surface area (Å²) in [6.07, 6.45) is 8.89. The van der Waals surface area contributed by atoms with Crippen molar-refractivity contribution in [2.45, 2.75) is 70.9 Å². The van der Waals surface area contributed by atoms with Crippen molar-refractivity contribution in [2.75, 3.05) is 13.6 Å². The Hall–Kier alpha value is -0.0800. The third-order valence-electron chi connectivity index (χ3n) is 4.15. The highest BCUT2D eigenvalue weighted by Gasteiger charge is 2.22. The van der Waals surface area contributed by atoms with Gasteiger partial charge in [-0.05, 0) is 65.0 Å². The number of rotatable bonds is 6. The van der Waals surface area contributed by atoms with E-state index in [-0.39, 0.29) is 6.10 Å². The monoisotopic (exact) mass is 227 g/mol. The predicted octanol–water partition coefficient (Wildman–Crippen LogP) is 3.05. The van der Waals surface area contributed by atoms with Gasteiger partial charge in [0.2, 0.25) is 0 Å². The van der Waals surface area contributed by atoms with Gasteiger partial charge in [0, 0.05) is 6.04 Å². The number of aliphatic hydroxyl groups excluding tert-OH is 1. The third-order valence-corrected chi connectivity index (χ3v) is 4.15. The molecule has 0 aliphatic heterocycles. The first kappa shape index (κ1) is 14.0. The topological polar surface area (TPSA) is 23.5 Å². The van der Waals surface area contributed by atoms with Gasteiger partial charge in [0.25, 0.3) is 0 Å². The van der Waals surface area contributed by atoms with E-state index in [1.165, 1.54) is 32.1 Å². The van der Waals surface area contributed by atoms with Crippen molar-refractivity contribution >= 4 is 0 Å². The van der Waals surface area contributed by atoms with Gasteiger partial charge in [0.1, 0.15) is 0 Å². The summed E-state index contributed by atoms with van der Waals surface area (Å²) in [6, 6.07) is 0.803. The van der Waals surface area contributed by atoms with Crippen LogP contribution in [0.25, 0.3) is 0 Å². The largest absolute Gasteiger partial charge is 0.393 e. The van der Waals surface area contributed by atoms with Crippen LogP contribution in [0.4, 0.5) is 0 Å². The molecule has 0 aromatic carbocycles. The fourth-order valence-electron chi connectivity index (χ4n) is 2.81. The molecule has 0 heterocycles. The highest BCUT2D eigenvalue weighted by Crippen LogP contribution is 2.28. The van der Waals surface area contributed by atoms with Crippen LogP contribution >= 0.6 is 0 Å². The van der Waals surface area contributed by atoms with E-state index in [4.69, 9.17) is 0 Å². The lowest BCUT2D eigenvalue weighted by Crippen LogP contribution is -2.35. The van der Waals surface area contributed by atoms with Crippen molar-refractivity contribution in [3.8, 4) is 0 Å². The van der Waals surface area contributed by atoms with Crippen molar-refractivity contribution in [1.29, 1.82) is 0 Å². The molecule has 0 bridgehead atoms. The molecule has 0 amide bonds. The summed E-state index contributed by atoms with van der Waals surface area (Å²) in [6.45, 7) is 5.34. The Labute approximate surface area is 101 Å². The van der Waals surface area contributed by atoms with Crippen LogP contribution in [0.5, 0.6) is 0 Å². The molecule has 1 rings (SSSR count). The number of hydrogen-bond donors (Lipinski definition) is 1. The molecule has 1 N–H and O–H groups in total. The molecule has 16 heavy (non-hydrogen) atoms. The summed E-state index contributed by atoms with van der Waals surface area (Å²) in [4.78, 5) is 2.51. The predicted molar refractivity (Wildman–Crippen MR) is 69.6 cm³/mol. The first-order valence-corrected chi connectivity index (χ1v) is 7.01. The minimum atomic E-state index is -0.135.